The molecule has 0 radical (unpaired) electrons. The minimum Gasteiger partial charge on any atom is -0.493 e. The zero-order chi connectivity index (χ0) is 22.7. The van der Waals surface area contributed by atoms with Crippen molar-refractivity contribution in [3.05, 3.63) is 76.8 Å². The number of halogens is 1. The van der Waals surface area contributed by atoms with Gasteiger partial charge in [0.1, 0.15) is 0 Å². The van der Waals surface area contributed by atoms with Crippen molar-refractivity contribution in [1.29, 1.82) is 0 Å². The Morgan fingerprint density at radius 3 is 1.81 bits per heavy atom. The van der Waals surface area contributed by atoms with Gasteiger partial charge < -0.3 is 14.2 Å². The van der Waals surface area contributed by atoms with Gasteiger partial charge in [0.05, 0.1) is 32.6 Å². The summed E-state index contributed by atoms with van der Waals surface area (Å²) in [5, 5.41) is 8.65. The van der Waals surface area contributed by atoms with Gasteiger partial charge in [0.15, 0.2) is 11.5 Å². The molecule has 0 aliphatic carbocycles. The molecule has 0 aromatic heterocycles. The highest BCUT2D eigenvalue weighted by molar-refractivity contribution is 6.42. The van der Waals surface area contributed by atoms with Gasteiger partial charge in [-0.3, -0.25) is 4.79 Å². The summed E-state index contributed by atoms with van der Waals surface area (Å²) < 4.78 is 15.9. The summed E-state index contributed by atoms with van der Waals surface area (Å²) in [5.41, 5.74) is 3.77. The predicted octanol–water partition coefficient (Wildman–Crippen LogP) is 5.44. The van der Waals surface area contributed by atoms with Gasteiger partial charge in [-0.25, -0.2) is 5.43 Å². The fourth-order valence-electron chi connectivity index (χ4n) is 3.68. The largest absolute Gasteiger partial charge is 0.493 e. The summed E-state index contributed by atoms with van der Waals surface area (Å²) in [6.07, 6.45) is 1.64. The minimum absolute atomic E-state index is 0.322. The number of nitrogens with one attached hydrogen (secondary N) is 1. The van der Waals surface area contributed by atoms with Crippen LogP contribution in [0, 0.1) is 0 Å². The highest BCUT2D eigenvalue weighted by Gasteiger charge is 2.17. The number of nitrogens with zero attached hydrogens (tertiary/aromatic N) is 1. The number of fused-ring (bicyclic) bond motifs is 2. The van der Waals surface area contributed by atoms with Gasteiger partial charge in [0.25, 0.3) is 5.91 Å². The molecule has 0 saturated carbocycles. The first-order chi connectivity index (χ1) is 15.6. The molecule has 0 spiro atoms. The molecule has 0 unspecified atom stereocenters. The SMILES string of the molecule is COc1cc(C(=O)N/N=C\c2c3ccccc3c(Cl)c3ccccc23)cc(OC)c1OC. The van der Waals surface area contributed by atoms with Crippen LogP contribution in [0.4, 0.5) is 0 Å². The highest BCUT2D eigenvalue weighted by Crippen LogP contribution is 2.38. The highest BCUT2D eigenvalue weighted by atomic mass is 35.5. The Balaban J connectivity index is 1.71. The lowest BCUT2D eigenvalue weighted by atomic mass is 9.97. The van der Waals surface area contributed by atoms with Gasteiger partial charge >= 0.3 is 0 Å². The molecule has 1 N–H and O–H groups in total. The first kappa shape index (κ1) is 21.5. The molecule has 4 aromatic carbocycles. The monoisotopic (exact) mass is 448 g/mol. The number of carbonyl (C=O) groups is 1. The molecular formula is C25H21ClN2O4. The van der Waals surface area contributed by atoms with Crippen molar-refractivity contribution in [1.82, 2.24) is 5.43 Å². The maximum atomic E-state index is 12.8. The standard InChI is InChI=1S/C25H21ClN2O4/c1-30-21-12-15(13-22(31-2)24(21)32-3)25(29)28-27-14-20-16-8-4-6-10-18(16)23(26)19-11-7-5-9-17(19)20/h4-14H,1-3H3,(H,28,29)/b27-14-. The molecule has 0 aliphatic heterocycles. The van der Waals surface area contributed by atoms with E-state index >= 15 is 0 Å². The fourth-order valence-corrected chi connectivity index (χ4v) is 4.01. The molecule has 6 nitrogen and oxygen atoms in total. The van der Waals surface area contributed by atoms with E-state index in [-0.39, 0.29) is 0 Å². The van der Waals surface area contributed by atoms with E-state index in [1.54, 1.807) is 18.3 Å². The van der Waals surface area contributed by atoms with Crippen LogP contribution < -0.4 is 19.6 Å². The fraction of sp³-hybridized carbons (Fsp3) is 0.120. The number of methoxy groups -OCH3 is 3. The van der Waals surface area contributed by atoms with E-state index in [0.717, 1.165) is 27.1 Å². The van der Waals surface area contributed by atoms with Crippen molar-refractivity contribution in [3.8, 4) is 17.2 Å². The summed E-state index contributed by atoms with van der Waals surface area (Å²) in [4.78, 5) is 12.8. The molecular weight excluding hydrogens is 428 g/mol. The Hall–Kier alpha value is -3.77. The third-order valence-corrected chi connectivity index (χ3v) is 5.60. The molecule has 0 atom stereocenters. The maximum absolute atomic E-state index is 12.8. The number of hydrogen-bond acceptors (Lipinski definition) is 5. The summed E-state index contributed by atoms with van der Waals surface area (Å²) >= 11 is 6.64. The Labute approximate surface area is 190 Å². The van der Waals surface area contributed by atoms with Crippen LogP contribution in [0.25, 0.3) is 21.5 Å². The van der Waals surface area contributed by atoms with Crippen molar-refractivity contribution in [2.75, 3.05) is 21.3 Å². The van der Waals surface area contributed by atoms with Crippen LogP contribution in [-0.4, -0.2) is 33.5 Å². The van der Waals surface area contributed by atoms with E-state index in [4.69, 9.17) is 25.8 Å². The number of benzene rings is 4. The van der Waals surface area contributed by atoms with Crippen LogP contribution in [-0.2, 0) is 0 Å². The van der Waals surface area contributed by atoms with Crippen LogP contribution in [0.5, 0.6) is 17.2 Å². The number of carbonyl (C=O) groups excluding carboxylic acids is 1. The van der Waals surface area contributed by atoms with Gasteiger partial charge in [-0.1, -0.05) is 60.1 Å². The lowest BCUT2D eigenvalue weighted by Crippen LogP contribution is -2.18. The zero-order valence-electron chi connectivity index (χ0n) is 17.8. The van der Waals surface area contributed by atoms with Gasteiger partial charge in [-0.15, -0.1) is 0 Å². The lowest BCUT2D eigenvalue weighted by molar-refractivity contribution is 0.0954. The first-order valence-corrected chi connectivity index (χ1v) is 10.2. The summed E-state index contributed by atoms with van der Waals surface area (Å²) in [7, 11) is 4.49. The summed E-state index contributed by atoms with van der Waals surface area (Å²) in [6, 6.07) is 18.8. The van der Waals surface area contributed by atoms with E-state index in [1.165, 1.54) is 21.3 Å². The molecule has 0 bridgehead atoms. The first-order valence-electron chi connectivity index (χ1n) is 9.81. The van der Waals surface area contributed by atoms with Crippen molar-refractivity contribution in [2.45, 2.75) is 0 Å². The van der Waals surface area contributed by atoms with E-state index in [0.29, 0.717) is 27.8 Å². The van der Waals surface area contributed by atoms with Crippen LogP contribution in [0.2, 0.25) is 5.02 Å². The minimum atomic E-state index is -0.414. The summed E-state index contributed by atoms with van der Waals surface area (Å²) in [6.45, 7) is 0. The summed E-state index contributed by atoms with van der Waals surface area (Å²) in [5.74, 6) is 0.767. The molecule has 32 heavy (non-hydrogen) atoms. The van der Waals surface area contributed by atoms with Gasteiger partial charge in [0.2, 0.25) is 5.75 Å². The average molecular weight is 449 g/mol. The number of hydrazone groups is 1. The quantitative estimate of drug-likeness (QED) is 0.242. The number of amides is 1. The molecule has 1 amide bonds. The Morgan fingerprint density at radius 1 is 0.844 bits per heavy atom. The molecule has 0 heterocycles. The normalized spacial score (nSPS) is 11.1. The molecule has 4 rings (SSSR count). The number of ether oxygens (including phenoxy) is 3. The molecule has 7 heteroatoms. The van der Waals surface area contributed by atoms with Gasteiger partial charge in [-0.2, -0.15) is 5.10 Å². The topological polar surface area (TPSA) is 69.2 Å². The maximum Gasteiger partial charge on any atom is 0.271 e. The Kier molecular flexibility index (Phi) is 6.14. The molecule has 0 aliphatic rings. The van der Waals surface area contributed by atoms with Crippen molar-refractivity contribution in [2.24, 2.45) is 5.10 Å². The Morgan fingerprint density at radius 2 is 1.34 bits per heavy atom. The average Bonchev–Trinajstić information content (AvgIpc) is 2.84. The smallest absolute Gasteiger partial charge is 0.271 e. The van der Waals surface area contributed by atoms with E-state index < -0.39 is 5.91 Å². The number of rotatable bonds is 6. The molecule has 162 valence electrons. The molecule has 0 fully saturated rings. The van der Waals surface area contributed by atoms with E-state index in [2.05, 4.69) is 10.5 Å². The second-order valence-corrected chi connectivity index (χ2v) is 7.31. The van der Waals surface area contributed by atoms with Crippen molar-refractivity contribution < 1.29 is 19.0 Å². The second kappa shape index (κ2) is 9.16. The second-order valence-electron chi connectivity index (χ2n) is 6.93. The number of hydrogen-bond donors (Lipinski definition) is 1. The van der Waals surface area contributed by atoms with Gasteiger partial charge in [-0.05, 0) is 22.9 Å². The zero-order valence-corrected chi connectivity index (χ0v) is 18.6. The van der Waals surface area contributed by atoms with Crippen LogP contribution in [0.3, 0.4) is 0 Å². The van der Waals surface area contributed by atoms with Crippen LogP contribution in [0.1, 0.15) is 15.9 Å². The molecule has 4 aromatic rings. The third-order valence-electron chi connectivity index (χ3n) is 5.19. The predicted molar refractivity (Wildman–Crippen MR) is 128 cm³/mol. The van der Waals surface area contributed by atoms with Crippen LogP contribution >= 0.6 is 11.6 Å². The van der Waals surface area contributed by atoms with Crippen molar-refractivity contribution >= 4 is 45.3 Å². The van der Waals surface area contributed by atoms with E-state index in [9.17, 15) is 4.79 Å². The third kappa shape index (κ3) is 3.81. The van der Waals surface area contributed by atoms with Crippen molar-refractivity contribution in [3.63, 3.8) is 0 Å². The lowest BCUT2D eigenvalue weighted by Gasteiger charge is -2.13. The Bertz CT molecular complexity index is 1270. The van der Waals surface area contributed by atoms with Crippen LogP contribution in [0.15, 0.2) is 65.8 Å². The van der Waals surface area contributed by atoms with E-state index in [1.807, 2.05) is 48.5 Å². The molecule has 0 saturated heterocycles. The van der Waals surface area contributed by atoms with Gasteiger partial charge in [0, 0.05) is 21.9 Å².